The van der Waals surface area contributed by atoms with Crippen molar-refractivity contribution in [3.8, 4) is 0 Å². The van der Waals surface area contributed by atoms with Crippen LogP contribution in [-0.2, 0) is 7.05 Å². The third-order valence-corrected chi connectivity index (χ3v) is 2.06. The smallest absolute Gasteiger partial charge is 0.292 e. The molecule has 0 aliphatic rings. The van der Waals surface area contributed by atoms with Gasteiger partial charge in [0.1, 0.15) is 12.0 Å². The van der Waals surface area contributed by atoms with Crippen LogP contribution in [0.5, 0.6) is 0 Å². The van der Waals surface area contributed by atoms with E-state index in [1.807, 2.05) is 0 Å². The van der Waals surface area contributed by atoms with Crippen molar-refractivity contribution in [2.24, 2.45) is 7.05 Å². The Labute approximate surface area is 90.9 Å². The Hall–Kier alpha value is -2.44. The predicted molar refractivity (Wildman–Crippen MR) is 57.4 cm³/mol. The molecule has 0 aliphatic heterocycles. The van der Waals surface area contributed by atoms with Gasteiger partial charge in [0.2, 0.25) is 5.95 Å². The first kappa shape index (κ1) is 10.1. The van der Waals surface area contributed by atoms with Crippen LogP contribution in [0.25, 0.3) is 0 Å². The van der Waals surface area contributed by atoms with Crippen molar-refractivity contribution in [2.45, 2.75) is 0 Å². The topological polar surface area (TPSA) is 85.9 Å². The fourth-order valence-corrected chi connectivity index (χ4v) is 1.26. The van der Waals surface area contributed by atoms with Gasteiger partial charge in [-0.15, -0.1) is 10.2 Å². The van der Waals surface area contributed by atoms with Gasteiger partial charge in [-0.1, -0.05) is 12.1 Å². The molecule has 0 spiro atoms. The zero-order valence-electron chi connectivity index (χ0n) is 8.49. The highest BCUT2D eigenvalue weighted by atomic mass is 16.6. The van der Waals surface area contributed by atoms with Crippen LogP contribution in [0.1, 0.15) is 0 Å². The molecule has 2 rings (SSSR count). The second-order valence-electron chi connectivity index (χ2n) is 3.16. The Morgan fingerprint density at radius 1 is 1.44 bits per heavy atom. The molecule has 1 aromatic carbocycles. The summed E-state index contributed by atoms with van der Waals surface area (Å²) in [5.74, 6) is 0.453. The average Bonchev–Trinajstić information content (AvgIpc) is 2.65. The molecule has 0 saturated carbocycles. The molecular weight excluding hydrogens is 210 g/mol. The number of nitrogens with one attached hydrogen (secondary N) is 1. The van der Waals surface area contributed by atoms with Gasteiger partial charge in [0.25, 0.3) is 5.69 Å². The maximum Gasteiger partial charge on any atom is 0.292 e. The van der Waals surface area contributed by atoms with Crippen LogP contribution in [0.3, 0.4) is 0 Å². The number of nitro benzene ring substituents is 1. The van der Waals surface area contributed by atoms with Crippen molar-refractivity contribution in [3.05, 3.63) is 40.7 Å². The average molecular weight is 219 g/mol. The Bertz CT molecular complexity index is 522. The van der Waals surface area contributed by atoms with Crippen LogP contribution >= 0.6 is 0 Å². The van der Waals surface area contributed by atoms with Crippen molar-refractivity contribution in [1.29, 1.82) is 0 Å². The first-order valence-electron chi connectivity index (χ1n) is 4.53. The quantitative estimate of drug-likeness (QED) is 0.624. The van der Waals surface area contributed by atoms with E-state index in [1.165, 1.54) is 12.4 Å². The maximum atomic E-state index is 10.8. The fraction of sp³-hybridized carbons (Fsp3) is 0.111. The number of anilines is 2. The van der Waals surface area contributed by atoms with Crippen LogP contribution in [0.15, 0.2) is 30.6 Å². The fourth-order valence-electron chi connectivity index (χ4n) is 1.26. The number of nitrogens with zero attached hydrogens (tertiary/aromatic N) is 4. The third-order valence-electron chi connectivity index (χ3n) is 2.06. The highest BCUT2D eigenvalue weighted by Gasteiger charge is 2.13. The number of nitro groups is 1. The normalized spacial score (nSPS) is 10.1. The molecule has 0 atom stereocenters. The highest BCUT2D eigenvalue weighted by molar-refractivity contribution is 5.66. The van der Waals surface area contributed by atoms with Gasteiger partial charge in [-0.2, -0.15) is 0 Å². The monoisotopic (exact) mass is 219 g/mol. The van der Waals surface area contributed by atoms with Crippen LogP contribution in [-0.4, -0.2) is 19.7 Å². The molecule has 0 bridgehead atoms. The number of aromatic nitrogens is 3. The zero-order chi connectivity index (χ0) is 11.5. The lowest BCUT2D eigenvalue weighted by atomic mass is 10.3. The summed E-state index contributed by atoms with van der Waals surface area (Å²) >= 11 is 0. The lowest BCUT2D eigenvalue weighted by molar-refractivity contribution is -0.383. The van der Waals surface area contributed by atoms with Crippen LogP contribution in [0, 0.1) is 10.1 Å². The SMILES string of the molecule is Cn1cnnc1Nc1ccccc1[N+](=O)[O-]. The summed E-state index contributed by atoms with van der Waals surface area (Å²) in [6.45, 7) is 0. The second kappa shape index (κ2) is 3.97. The Morgan fingerprint density at radius 2 is 2.19 bits per heavy atom. The summed E-state index contributed by atoms with van der Waals surface area (Å²) < 4.78 is 1.64. The van der Waals surface area contributed by atoms with E-state index in [0.29, 0.717) is 11.6 Å². The van der Waals surface area contributed by atoms with E-state index in [4.69, 9.17) is 0 Å². The van der Waals surface area contributed by atoms with E-state index >= 15 is 0 Å². The van der Waals surface area contributed by atoms with E-state index in [-0.39, 0.29) is 5.69 Å². The minimum absolute atomic E-state index is 0.00509. The first-order chi connectivity index (χ1) is 7.68. The van der Waals surface area contributed by atoms with Gasteiger partial charge in [0, 0.05) is 13.1 Å². The Morgan fingerprint density at radius 3 is 2.81 bits per heavy atom. The zero-order valence-corrected chi connectivity index (χ0v) is 8.49. The van der Waals surface area contributed by atoms with Gasteiger partial charge in [-0.25, -0.2) is 0 Å². The van der Waals surface area contributed by atoms with E-state index in [2.05, 4.69) is 15.5 Å². The van der Waals surface area contributed by atoms with Gasteiger partial charge in [0.05, 0.1) is 4.92 Å². The number of para-hydroxylation sites is 2. The summed E-state index contributed by atoms with van der Waals surface area (Å²) in [5, 5.41) is 21.1. The van der Waals surface area contributed by atoms with Crippen molar-refractivity contribution >= 4 is 17.3 Å². The number of benzene rings is 1. The predicted octanol–water partition coefficient (Wildman–Crippen LogP) is 1.47. The molecule has 0 radical (unpaired) electrons. The molecule has 82 valence electrons. The summed E-state index contributed by atoms with van der Waals surface area (Å²) in [6, 6.07) is 6.37. The largest absolute Gasteiger partial charge is 0.319 e. The van der Waals surface area contributed by atoms with Gasteiger partial charge in [-0.05, 0) is 6.07 Å². The molecule has 0 aliphatic carbocycles. The molecule has 0 unspecified atom stereocenters. The standard InChI is InChI=1S/C9H9N5O2/c1-13-6-10-12-9(13)11-7-4-2-3-5-8(7)14(15)16/h2-6H,1H3,(H,11,12). The van der Waals surface area contributed by atoms with Gasteiger partial charge in [0.15, 0.2) is 0 Å². The molecule has 1 heterocycles. The summed E-state index contributed by atoms with van der Waals surface area (Å²) in [7, 11) is 1.75. The van der Waals surface area contributed by atoms with Crippen molar-refractivity contribution < 1.29 is 4.92 Å². The van der Waals surface area contributed by atoms with Crippen molar-refractivity contribution in [1.82, 2.24) is 14.8 Å². The Balaban J connectivity index is 2.35. The van der Waals surface area contributed by atoms with Gasteiger partial charge >= 0.3 is 0 Å². The lowest BCUT2D eigenvalue weighted by Crippen LogP contribution is -2.01. The van der Waals surface area contributed by atoms with Gasteiger partial charge < -0.3 is 9.88 Å². The number of aryl methyl sites for hydroxylation is 1. The van der Waals surface area contributed by atoms with E-state index < -0.39 is 4.92 Å². The minimum Gasteiger partial charge on any atom is -0.319 e. The number of hydrogen-bond donors (Lipinski definition) is 1. The van der Waals surface area contributed by atoms with Crippen LogP contribution < -0.4 is 5.32 Å². The number of rotatable bonds is 3. The molecule has 2 aromatic rings. The lowest BCUT2D eigenvalue weighted by Gasteiger charge is -2.04. The third kappa shape index (κ3) is 1.83. The number of hydrogen-bond acceptors (Lipinski definition) is 5. The van der Waals surface area contributed by atoms with Crippen molar-refractivity contribution in [3.63, 3.8) is 0 Å². The minimum atomic E-state index is -0.446. The highest BCUT2D eigenvalue weighted by Crippen LogP contribution is 2.25. The van der Waals surface area contributed by atoms with Gasteiger partial charge in [-0.3, -0.25) is 10.1 Å². The van der Waals surface area contributed by atoms with E-state index in [0.717, 1.165) is 0 Å². The van der Waals surface area contributed by atoms with E-state index in [9.17, 15) is 10.1 Å². The maximum absolute atomic E-state index is 10.8. The molecule has 1 N–H and O–H groups in total. The van der Waals surface area contributed by atoms with Crippen molar-refractivity contribution in [2.75, 3.05) is 5.32 Å². The summed E-state index contributed by atoms with van der Waals surface area (Å²) in [4.78, 5) is 10.3. The molecular formula is C9H9N5O2. The molecule has 0 amide bonds. The molecule has 0 fully saturated rings. The van der Waals surface area contributed by atoms with E-state index in [1.54, 1.807) is 29.8 Å². The molecule has 7 heteroatoms. The molecule has 16 heavy (non-hydrogen) atoms. The Kier molecular flexibility index (Phi) is 2.50. The molecule has 7 nitrogen and oxygen atoms in total. The van der Waals surface area contributed by atoms with Crippen LogP contribution in [0.4, 0.5) is 17.3 Å². The molecule has 1 aromatic heterocycles. The summed E-state index contributed by atoms with van der Waals surface area (Å²) in [5.41, 5.74) is 0.397. The van der Waals surface area contributed by atoms with Crippen LogP contribution in [0.2, 0.25) is 0 Å². The first-order valence-corrected chi connectivity index (χ1v) is 4.53. The summed E-state index contributed by atoms with van der Waals surface area (Å²) in [6.07, 6.45) is 1.51. The molecule has 0 saturated heterocycles. The second-order valence-corrected chi connectivity index (χ2v) is 3.16.